The number of nitro benzene ring substituents is 1. The first-order valence-electron chi connectivity index (χ1n) is 13.3. The molecule has 1 heterocycles. The van der Waals surface area contributed by atoms with Crippen LogP contribution in [0.2, 0.25) is 0 Å². The van der Waals surface area contributed by atoms with Crippen LogP contribution in [0.1, 0.15) is 35.4 Å². The minimum Gasteiger partial charge on any atom is -0.493 e. The second kappa shape index (κ2) is 15.0. The van der Waals surface area contributed by atoms with Gasteiger partial charge in [0.25, 0.3) is 5.69 Å². The molecule has 2 aromatic carbocycles. The summed E-state index contributed by atoms with van der Waals surface area (Å²) in [7, 11) is 3.18. The highest BCUT2D eigenvalue weighted by atomic mass is 32.1. The number of thiophene rings is 1. The van der Waals surface area contributed by atoms with Gasteiger partial charge in [0, 0.05) is 36.2 Å². The van der Waals surface area contributed by atoms with Crippen molar-refractivity contribution >= 4 is 34.9 Å². The van der Waals surface area contributed by atoms with Gasteiger partial charge in [0.05, 0.1) is 25.7 Å². The van der Waals surface area contributed by atoms with Gasteiger partial charge in [0.2, 0.25) is 11.8 Å². The molecule has 2 amide bonds. The normalized spacial score (nSPS) is 11.1. The van der Waals surface area contributed by atoms with E-state index in [1.165, 1.54) is 18.2 Å². The van der Waals surface area contributed by atoms with Gasteiger partial charge in [-0.15, -0.1) is 11.3 Å². The van der Waals surface area contributed by atoms with Gasteiger partial charge in [-0.25, -0.2) is 0 Å². The number of non-ortho nitro benzene ring substituents is 1. The molecule has 0 N–H and O–H groups in total. The van der Waals surface area contributed by atoms with E-state index in [0.29, 0.717) is 43.1 Å². The van der Waals surface area contributed by atoms with Gasteiger partial charge < -0.3 is 19.3 Å². The fourth-order valence-electron chi connectivity index (χ4n) is 4.25. The summed E-state index contributed by atoms with van der Waals surface area (Å²) in [6.07, 6.45) is 3.62. The van der Waals surface area contributed by atoms with Crippen molar-refractivity contribution < 1.29 is 24.0 Å². The molecule has 0 bridgehead atoms. The molecule has 0 saturated carbocycles. The van der Waals surface area contributed by atoms with Gasteiger partial charge in [-0.2, -0.15) is 0 Å². The Bertz CT molecular complexity index is 1370. The van der Waals surface area contributed by atoms with E-state index >= 15 is 0 Å². The Morgan fingerprint density at radius 3 is 2.32 bits per heavy atom. The van der Waals surface area contributed by atoms with Crippen molar-refractivity contribution in [3.8, 4) is 11.5 Å². The molecule has 0 saturated heterocycles. The molecule has 0 aliphatic carbocycles. The lowest BCUT2D eigenvalue weighted by atomic mass is 10.1. The highest BCUT2D eigenvalue weighted by Crippen LogP contribution is 2.28. The molecule has 0 fully saturated rings. The highest BCUT2D eigenvalue weighted by molar-refractivity contribution is 7.10. The second-order valence-corrected chi connectivity index (χ2v) is 11.1. The molecule has 10 heteroatoms. The summed E-state index contributed by atoms with van der Waals surface area (Å²) >= 11 is 1.61. The van der Waals surface area contributed by atoms with Crippen LogP contribution in [0.4, 0.5) is 5.69 Å². The van der Waals surface area contributed by atoms with Crippen LogP contribution in [-0.4, -0.2) is 60.4 Å². The maximum absolute atomic E-state index is 13.7. The molecule has 0 aliphatic heterocycles. The van der Waals surface area contributed by atoms with E-state index in [1.807, 2.05) is 50.4 Å². The lowest BCUT2D eigenvalue weighted by Gasteiger charge is -2.28. The molecule has 0 aliphatic rings. The number of amides is 2. The van der Waals surface area contributed by atoms with Crippen LogP contribution in [0.15, 0.2) is 60.0 Å². The molecule has 0 unspecified atom stereocenters. The lowest BCUT2D eigenvalue weighted by Crippen LogP contribution is -2.44. The fourth-order valence-corrected chi connectivity index (χ4v) is 5.17. The summed E-state index contributed by atoms with van der Waals surface area (Å²) < 4.78 is 10.8. The van der Waals surface area contributed by atoms with Crippen LogP contribution in [0.5, 0.6) is 11.5 Å². The third-order valence-electron chi connectivity index (χ3n) is 6.52. The van der Waals surface area contributed by atoms with Gasteiger partial charge in [-0.05, 0) is 77.7 Å². The molecule has 0 radical (unpaired) electrons. The molecular weight excluding hydrogens is 542 g/mol. The Hall–Kier alpha value is -4.18. The third kappa shape index (κ3) is 9.18. The number of nitro groups is 1. The first-order valence-corrected chi connectivity index (χ1v) is 14.2. The number of methoxy groups -OCH3 is 2. The minimum atomic E-state index is -0.469. The van der Waals surface area contributed by atoms with Crippen LogP contribution in [0.3, 0.4) is 0 Å². The van der Waals surface area contributed by atoms with E-state index in [4.69, 9.17) is 9.47 Å². The van der Waals surface area contributed by atoms with Crippen molar-refractivity contribution in [2.45, 2.75) is 33.7 Å². The topological polar surface area (TPSA) is 102 Å². The first kappa shape index (κ1) is 31.3. The monoisotopic (exact) mass is 579 g/mol. The number of aryl methyl sites for hydroxylation is 1. The quantitative estimate of drug-likeness (QED) is 0.137. The van der Waals surface area contributed by atoms with Gasteiger partial charge >= 0.3 is 0 Å². The number of carbonyl (C=O) groups excluding carboxylic acids is 2. The van der Waals surface area contributed by atoms with Crippen LogP contribution in [0.25, 0.3) is 6.08 Å². The zero-order valence-electron chi connectivity index (χ0n) is 24.2. The molecule has 0 spiro atoms. The van der Waals surface area contributed by atoms with Gasteiger partial charge in [-0.1, -0.05) is 19.9 Å². The Morgan fingerprint density at radius 1 is 1.02 bits per heavy atom. The zero-order chi connectivity index (χ0) is 29.9. The first-order chi connectivity index (χ1) is 19.6. The number of ether oxygens (including phenoxy) is 2. The minimum absolute atomic E-state index is 0.0188. The summed E-state index contributed by atoms with van der Waals surface area (Å²) in [6, 6.07) is 13.7. The standard InChI is InChI=1S/C31H37N3O6S/c1-22(2)19-33(30(35)13-9-24-6-10-26(11-7-24)34(37)38)21-31(36)32(20-29-23(3)15-17-41-29)16-14-25-8-12-27(39-4)28(18-25)40-5/h6-13,15,17-18,22H,14,16,19-21H2,1-5H3/b13-9+. The number of rotatable bonds is 14. The van der Waals surface area contributed by atoms with Gasteiger partial charge in [0.1, 0.15) is 6.54 Å². The van der Waals surface area contributed by atoms with E-state index in [1.54, 1.807) is 53.6 Å². The highest BCUT2D eigenvalue weighted by Gasteiger charge is 2.22. The van der Waals surface area contributed by atoms with Crippen molar-refractivity contribution in [2.24, 2.45) is 5.92 Å². The van der Waals surface area contributed by atoms with Crippen molar-refractivity contribution in [3.63, 3.8) is 0 Å². The Balaban J connectivity index is 1.77. The van der Waals surface area contributed by atoms with Crippen LogP contribution in [-0.2, 0) is 22.6 Å². The van der Waals surface area contributed by atoms with E-state index in [-0.39, 0.29) is 30.0 Å². The maximum Gasteiger partial charge on any atom is 0.269 e. The Kier molecular flexibility index (Phi) is 11.5. The summed E-state index contributed by atoms with van der Waals surface area (Å²) in [5.74, 6) is 0.987. The largest absolute Gasteiger partial charge is 0.493 e. The maximum atomic E-state index is 13.7. The van der Waals surface area contributed by atoms with E-state index < -0.39 is 4.92 Å². The molecule has 1 aromatic heterocycles. The summed E-state index contributed by atoms with van der Waals surface area (Å²) in [6.45, 7) is 7.30. The summed E-state index contributed by atoms with van der Waals surface area (Å²) in [5.41, 5.74) is 2.77. The average molecular weight is 580 g/mol. The average Bonchev–Trinajstić information content (AvgIpc) is 3.37. The molecule has 41 heavy (non-hydrogen) atoms. The van der Waals surface area contributed by atoms with Crippen molar-refractivity contribution in [1.29, 1.82) is 0 Å². The Morgan fingerprint density at radius 2 is 1.73 bits per heavy atom. The smallest absolute Gasteiger partial charge is 0.269 e. The molecule has 218 valence electrons. The lowest BCUT2D eigenvalue weighted by molar-refractivity contribution is -0.384. The van der Waals surface area contributed by atoms with Crippen LogP contribution < -0.4 is 9.47 Å². The van der Waals surface area contributed by atoms with E-state index in [2.05, 4.69) is 0 Å². The summed E-state index contributed by atoms with van der Waals surface area (Å²) in [4.78, 5) is 41.8. The van der Waals surface area contributed by atoms with Crippen LogP contribution >= 0.6 is 11.3 Å². The van der Waals surface area contributed by atoms with Crippen LogP contribution in [0, 0.1) is 23.0 Å². The van der Waals surface area contributed by atoms with Crippen molar-refractivity contribution in [2.75, 3.05) is 33.9 Å². The molecule has 3 aromatic rings. The number of nitrogens with zero attached hydrogens (tertiary/aromatic N) is 3. The zero-order valence-corrected chi connectivity index (χ0v) is 25.0. The van der Waals surface area contributed by atoms with Gasteiger partial charge in [-0.3, -0.25) is 19.7 Å². The third-order valence-corrected chi connectivity index (χ3v) is 7.53. The van der Waals surface area contributed by atoms with Crippen molar-refractivity contribution in [1.82, 2.24) is 9.80 Å². The fraction of sp³-hybridized carbons (Fsp3) is 0.355. The predicted octanol–water partition coefficient (Wildman–Crippen LogP) is 5.75. The predicted molar refractivity (Wildman–Crippen MR) is 161 cm³/mol. The second-order valence-electron chi connectivity index (χ2n) is 10.1. The van der Waals surface area contributed by atoms with E-state index in [9.17, 15) is 19.7 Å². The van der Waals surface area contributed by atoms with Crippen molar-refractivity contribution in [3.05, 3.63) is 91.7 Å². The number of hydrogen-bond acceptors (Lipinski definition) is 7. The van der Waals surface area contributed by atoms with E-state index in [0.717, 1.165) is 16.0 Å². The molecular formula is C31H37N3O6S. The molecule has 9 nitrogen and oxygen atoms in total. The number of hydrogen-bond donors (Lipinski definition) is 0. The summed E-state index contributed by atoms with van der Waals surface area (Å²) in [5, 5.41) is 12.9. The molecule has 3 rings (SSSR count). The van der Waals surface area contributed by atoms with Gasteiger partial charge in [0.15, 0.2) is 11.5 Å². The Labute approximate surface area is 245 Å². The number of carbonyl (C=O) groups is 2. The molecule has 0 atom stereocenters. The SMILES string of the molecule is COc1ccc(CCN(Cc2sccc2C)C(=O)CN(CC(C)C)C(=O)/C=C/c2ccc([N+](=O)[O-])cc2)cc1OC. The number of benzene rings is 2.